The first-order chi connectivity index (χ1) is 32.5. The summed E-state index contributed by atoms with van der Waals surface area (Å²) in [5.74, 6) is -7.36. The fourth-order valence-electron chi connectivity index (χ4n) is 10.7. The second kappa shape index (κ2) is 27.1. The number of hydrogen-bond donors (Lipinski definition) is 5. The number of carbonyl (C=O) groups excluding carboxylic acids is 4. The molecule has 0 aromatic heterocycles. The first-order valence-corrected chi connectivity index (χ1v) is 26.9. The van der Waals surface area contributed by atoms with Gasteiger partial charge in [0.05, 0.1) is 24.1 Å². The van der Waals surface area contributed by atoms with Gasteiger partial charge in [-0.1, -0.05) is 76.6 Å². The number of ketones is 2. The number of hydrogen-bond acceptors (Lipinski definition) is 14. The molecule has 1 aliphatic carbocycles. The number of cyclic esters (lactones) is 1. The number of aliphatic hydroxyl groups is 3. The Hall–Kier alpha value is -3.13. The molecule has 4 aliphatic rings. The summed E-state index contributed by atoms with van der Waals surface area (Å²) in [6.07, 6.45) is 13.3. The average Bonchev–Trinajstić information content (AvgIpc) is 3.30. The van der Waals surface area contributed by atoms with Gasteiger partial charge in [-0.25, -0.2) is 4.79 Å². The lowest BCUT2D eigenvalue weighted by molar-refractivity contribution is -0.264. The Morgan fingerprint density at radius 3 is 2.28 bits per heavy atom. The number of esters is 1. The number of methoxy groups -OCH3 is 2. The van der Waals surface area contributed by atoms with Crippen LogP contribution in [-0.4, -0.2) is 144 Å². The zero-order chi connectivity index (χ0) is 51.2. The third kappa shape index (κ3) is 17.0. The first kappa shape index (κ1) is 58.4. The van der Waals surface area contributed by atoms with Crippen molar-refractivity contribution in [3.05, 3.63) is 47.6 Å². The lowest BCUT2D eigenvalue weighted by Crippen LogP contribution is -2.61. The lowest BCUT2D eigenvalue weighted by atomic mass is 9.78. The van der Waals surface area contributed by atoms with Gasteiger partial charge in [-0.05, 0) is 127 Å². The molecule has 0 spiro atoms. The number of amides is 1. The minimum absolute atomic E-state index is 0.00800. The molecule has 392 valence electrons. The van der Waals surface area contributed by atoms with Gasteiger partial charge in [-0.15, -0.1) is 0 Å². The van der Waals surface area contributed by atoms with Gasteiger partial charge in [-0.3, -0.25) is 18.9 Å². The molecule has 69 heavy (non-hydrogen) atoms. The summed E-state index contributed by atoms with van der Waals surface area (Å²) in [5.41, 5.74) is 1.34. The number of rotatable bonds is 9. The van der Waals surface area contributed by atoms with Gasteiger partial charge in [0.1, 0.15) is 24.4 Å². The van der Waals surface area contributed by atoms with Crippen LogP contribution in [0, 0.1) is 35.5 Å². The van der Waals surface area contributed by atoms with Gasteiger partial charge in [0.2, 0.25) is 5.79 Å². The van der Waals surface area contributed by atoms with Gasteiger partial charge in [0, 0.05) is 45.2 Å². The number of fused-ring (bicyclic) bond motifs is 3. The van der Waals surface area contributed by atoms with Crippen molar-refractivity contribution in [2.24, 2.45) is 35.5 Å². The summed E-state index contributed by atoms with van der Waals surface area (Å²) in [6, 6.07) is -1.61. The second-order valence-electron chi connectivity index (χ2n) is 20.8. The van der Waals surface area contributed by atoms with Crippen molar-refractivity contribution in [3.8, 4) is 0 Å². The number of aliphatic hydroxyl groups excluding tert-OH is 2. The average molecular weight is 993 g/mol. The van der Waals surface area contributed by atoms with Crippen LogP contribution in [0.2, 0.25) is 0 Å². The minimum Gasteiger partial charge on any atom is -0.461 e. The molecule has 0 unspecified atom stereocenters. The summed E-state index contributed by atoms with van der Waals surface area (Å²) < 4.78 is 56.5. The number of nitrogens with zero attached hydrogens (tertiary/aromatic N) is 1. The van der Waals surface area contributed by atoms with Crippen molar-refractivity contribution in [2.75, 3.05) is 33.1 Å². The Bertz CT molecular complexity index is 1950. The van der Waals surface area contributed by atoms with E-state index in [-0.39, 0.29) is 61.5 Å². The van der Waals surface area contributed by atoms with E-state index in [0.717, 1.165) is 12.0 Å². The molecule has 2 bridgehead atoms. The molecule has 16 nitrogen and oxygen atoms in total. The molecule has 3 fully saturated rings. The number of ether oxygens (including phenoxy) is 4. The van der Waals surface area contributed by atoms with Crippen molar-refractivity contribution in [2.45, 2.75) is 186 Å². The highest BCUT2D eigenvalue weighted by Crippen LogP contribution is 2.38. The molecule has 1 amide bonds. The number of allylic oxidation sites excluding steroid dienone is 6. The molecule has 4 rings (SSSR count). The zero-order valence-corrected chi connectivity index (χ0v) is 43.4. The Morgan fingerprint density at radius 2 is 1.59 bits per heavy atom. The van der Waals surface area contributed by atoms with Gasteiger partial charge < -0.3 is 44.5 Å². The van der Waals surface area contributed by atoms with Crippen molar-refractivity contribution in [1.29, 1.82) is 0 Å². The third-order valence-electron chi connectivity index (χ3n) is 15.0. The fourth-order valence-corrected chi connectivity index (χ4v) is 11.0. The predicted molar refractivity (Wildman–Crippen MR) is 262 cm³/mol. The number of piperidine rings is 1. The maximum atomic E-state index is 14.4. The van der Waals surface area contributed by atoms with E-state index in [1.807, 2.05) is 65.0 Å². The van der Waals surface area contributed by atoms with Crippen LogP contribution in [0.4, 0.5) is 0 Å². The summed E-state index contributed by atoms with van der Waals surface area (Å²) in [5, 5.41) is 37.2. The molecule has 15 atom stereocenters. The van der Waals surface area contributed by atoms with Gasteiger partial charge in [-0.2, -0.15) is 8.42 Å². The molecule has 0 aromatic carbocycles. The largest absolute Gasteiger partial charge is 0.461 e. The SMILES string of the molecule is CO[C@@H]1C[C@H](C[C@@H](C)[C@@H]2CC[C@H](C)/C=C(\C)[C@@H](O)[C@@H](OC)C(=O)[C@H](C)C[C@H](C)/C=C/C=C/C=C(\C)[C@@H](NCCS(=O)(=O)O)C[C@@H]3CC[C@@H](C)[C@@](O)(O3)C(=O)C(=O)N3CCCC[C@H]3C(=O)O2)CC[C@H]1O. The van der Waals surface area contributed by atoms with Gasteiger partial charge in [0.25, 0.3) is 21.8 Å². The van der Waals surface area contributed by atoms with Gasteiger partial charge in [0.15, 0.2) is 5.78 Å². The van der Waals surface area contributed by atoms with Crippen LogP contribution in [0.5, 0.6) is 0 Å². The number of carbonyl (C=O) groups is 4. The molecule has 3 heterocycles. The Balaban J connectivity index is 1.70. The quantitative estimate of drug-likeness (QED) is 0.0791. The number of Topliss-reactive ketones (excluding diaryl/α,β-unsaturated/α-hetero) is 2. The van der Waals surface area contributed by atoms with E-state index in [1.165, 1.54) is 12.0 Å². The van der Waals surface area contributed by atoms with Crippen LogP contribution in [0.1, 0.15) is 132 Å². The van der Waals surface area contributed by atoms with Crippen LogP contribution < -0.4 is 5.32 Å². The third-order valence-corrected chi connectivity index (χ3v) is 15.8. The summed E-state index contributed by atoms with van der Waals surface area (Å²) in [4.78, 5) is 58.1. The number of nitrogens with one attached hydrogen (secondary N) is 1. The maximum Gasteiger partial charge on any atom is 0.329 e. The highest BCUT2D eigenvalue weighted by Gasteiger charge is 2.53. The van der Waals surface area contributed by atoms with E-state index in [0.29, 0.717) is 69.8 Å². The van der Waals surface area contributed by atoms with Crippen LogP contribution in [0.15, 0.2) is 47.6 Å². The molecular weight excluding hydrogens is 909 g/mol. The maximum absolute atomic E-state index is 14.4. The van der Waals surface area contributed by atoms with Gasteiger partial charge >= 0.3 is 5.97 Å². The summed E-state index contributed by atoms with van der Waals surface area (Å²) in [6.45, 7) is 13.1. The van der Waals surface area contributed by atoms with Crippen LogP contribution in [0.3, 0.4) is 0 Å². The fraction of sp³-hybridized carbons (Fsp3) is 0.769. The predicted octanol–water partition coefficient (Wildman–Crippen LogP) is 5.83. The monoisotopic (exact) mass is 993 g/mol. The van der Waals surface area contributed by atoms with E-state index in [2.05, 4.69) is 5.32 Å². The van der Waals surface area contributed by atoms with E-state index in [1.54, 1.807) is 27.0 Å². The smallest absolute Gasteiger partial charge is 0.329 e. The standard InChI is InChI=1S/C52H84N2O14S/c1-32-15-11-10-12-16-34(3)41(53-24-26-69(62,63)64)31-40-21-19-38(7)52(61,68-40)49(58)50(59)54-25-14-13-17-42(54)51(60)67-44(35(4)29-39-20-22-43(55)45(30-39)65-8)23-18-33(2)28-37(6)47(57)48(66-9)46(56)36(5)27-32/h10-12,15-16,28,32-33,35-36,38-45,47-48,53,55,57,61H,13-14,17-27,29-31H2,1-9H3,(H,62,63,64)/b12-10+,15-11+,34-16+,37-28+/t32-,33+,35-,36-,38-,39+,40+,41+,42+,43-,44+,45-,47-,48+,52-/m1/s1. The molecule has 5 N–H and O–H groups in total. The van der Waals surface area contributed by atoms with E-state index in [4.69, 9.17) is 18.9 Å². The van der Waals surface area contributed by atoms with Crippen molar-refractivity contribution in [3.63, 3.8) is 0 Å². The molecule has 0 radical (unpaired) electrons. The van der Waals surface area contributed by atoms with Crippen molar-refractivity contribution in [1.82, 2.24) is 10.2 Å². The molecule has 3 aliphatic heterocycles. The van der Waals surface area contributed by atoms with Crippen molar-refractivity contribution >= 4 is 33.6 Å². The van der Waals surface area contributed by atoms with Crippen LogP contribution in [-0.2, 0) is 48.2 Å². The zero-order valence-electron chi connectivity index (χ0n) is 42.6. The molecule has 1 saturated carbocycles. The van der Waals surface area contributed by atoms with Crippen LogP contribution in [0.25, 0.3) is 0 Å². The second-order valence-corrected chi connectivity index (χ2v) is 22.3. The molecule has 0 aromatic rings. The highest BCUT2D eigenvalue weighted by molar-refractivity contribution is 7.85. The minimum atomic E-state index is -4.28. The normalized spacial score (nSPS) is 39.0. The Morgan fingerprint density at radius 1 is 0.870 bits per heavy atom. The molecule has 17 heteroatoms. The van der Waals surface area contributed by atoms with Crippen molar-refractivity contribution < 1.29 is 66.4 Å². The van der Waals surface area contributed by atoms with E-state index >= 15 is 0 Å². The highest BCUT2D eigenvalue weighted by atomic mass is 32.2. The summed E-state index contributed by atoms with van der Waals surface area (Å²) in [7, 11) is -1.28. The topological polar surface area (TPSA) is 236 Å². The summed E-state index contributed by atoms with van der Waals surface area (Å²) >= 11 is 0. The lowest BCUT2D eigenvalue weighted by Gasteiger charge is -2.43. The van der Waals surface area contributed by atoms with E-state index in [9.17, 15) is 47.5 Å². The molecular formula is C52H84N2O14S. The molecule has 2 saturated heterocycles. The Kier molecular flexibility index (Phi) is 22.9. The van der Waals surface area contributed by atoms with Crippen LogP contribution >= 0.6 is 0 Å². The van der Waals surface area contributed by atoms with E-state index < -0.39 is 93.8 Å². The Labute approximate surface area is 411 Å². The first-order valence-electron chi connectivity index (χ1n) is 25.3.